The molecular weight excluding hydrogens is 234 g/mol. The number of piperidine rings is 1. The molecule has 1 aromatic heterocycles. The first-order valence-corrected chi connectivity index (χ1v) is 7.82. The van der Waals surface area contributed by atoms with Gasteiger partial charge in [0.25, 0.3) is 0 Å². The smallest absolute Gasteiger partial charge is 0.0309 e. The van der Waals surface area contributed by atoms with Gasteiger partial charge in [0.15, 0.2) is 0 Å². The molecule has 0 aromatic carbocycles. The summed E-state index contributed by atoms with van der Waals surface area (Å²) in [4.78, 5) is 2.52. The normalized spacial score (nSPS) is 22.6. The lowest BCUT2D eigenvalue weighted by Crippen LogP contribution is -2.36. The van der Waals surface area contributed by atoms with Gasteiger partial charge in [-0.3, -0.25) is 0 Å². The Labute approximate surface area is 117 Å². The Kier molecular flexibility index (Phi) is 5.46. The second-order valence-electron chi connectivity index (χ2n) is 6.00. The maximum atomic E-state index is 6.16. The lowest BCUT2D eigenvalue weighted by Gasteiger charge is -2.32. The van der Waals surface area contributed by atoms with Crippen LogP contribution in [0.5, 0.6) is 0 Å². The summed E-state index contributed by atoms with van der Waals surface area (Å²) in [6.07, 6.45) is 12.0. The minimum atomic E-state index is 0.212. The molecule has 2 rings (SSSR count). The van der Waals surface area contributed by atoms with Crippen LogP contribution in [0.3, 0.4) is 0 Å². The molecule has 0 bridgehead atoms. The number of nitrogens with two attached hydrogens (primary N) is 1. The highest BCUT2D eigenvalue weighted by molar-refractivity contribution is 5.14. The zero-order valence-corrected chi connectivity index (χ0v) is 12.5. The molecule has 0 radical (unpaired) electrons. The Morgan fingerprint density at radius 2 is 2.26 bits per heavy atom. The van der Waals surface area contributed by atoms with E-state index in [-0.39, 0.29) is 6.04 Å². The van der Waals surface area contributed by atoms with Crippen molar-refractivity contribution in [2.24, 2.45) is 5.73 Å². The molecule has 1 saturated heterocycles. The minimum absolute atomic E-state index is 0.212. The number of aromatic nitrogens is 1. The van der Waals surface area contributed by atoms with Gasteiger partial charge in [0.2, 0.25) is 0 Å². The molecular formula is C16H29N3. The van der Waals surface area contributed by atoms with E-state index in [4.69, 9.17) is 5.73 Å². The monoisotopic (exact) mass is 263 g/mol. The first kappa shape index (κ1) is 14.6. The van der Waals surface area contributed by atoms with Crippen molar-refractivity contribution in [3.8, 4) is 0 Å². The summed E-state index contributed by atoms with van der Waals surface area (Å²) in [7, 11) is 2.27. The topological polar surface area (TPSA) is 34.2 Å². The third-order valence-corrected chi connectivity index (χ3v) is 4.44. The van der Waals surface area contributed by atoms with Crippen LogP contribution in [-0.2, 0) is 6.54 Å². The summed E-state index contributed by atoms with van der Waals surface area (Å²) in [5.74, 6) is 0. The van der Waals surface area contributed by atoms with Crippen LogP contribution >= 0.6 is 0 Å². The van der Waals surface area contributed by atoms with E-state index in [0.29, 0.717) is 0 Å². The van der Waals surface area contributed by atoms with Gasteiger partial charge in [-0.2, -0.15) is 0 Å². The molecule has 0 spiro atoms. The van der Waals surface area contributed by atoms with Gasteiger partial charge >= 0.3 is 0 Å². The van der Waals surface area contributed by atoms with Gasteiger partial charge in [-0.25, -0.2) is 0 Å². The third-order valence-electron chi connectivity index (χ3n) is 4.44. The van der Waals surface area contributed by atoms with E-state index in [1.165, 1.54) is 37.8 Å². The van der Waals surface area contributed by atoms with E-state index in [1.807, 2.05) is 0 Å². The van der Waals surface area contributed by atoms with Crippen LogP contribution in [0.4, 0.5) is 0 Å². The number of hydrogen-bond donors (Lipinski definition) is 1. The molecule has 1 aliphatic rings. The number of rotatable bonds is 6. The van der Waals surface area contributed by atoms with Crippen molar-refractivity contribution in [2.75, 3.05) is 13.6 Å². The first-order chi connectivity index (χ1) is 9.20. The van der Waals surface area contributed by atoms with Crippen molar-refractivity contribution in [3.05, 3.63) is 24.0 Å². The largest absolute Gasteiger partial charge is 0.354 e. The van der Waals surface area contributed by atoms with E-state index in [1.54, 1.807) is 0 Å². The number of nitrogens with zero attached hydrogens (tertiary/aromatic N) is 2. The van der Waals surface area contributed by atoms with E-state index in [2.05, 4.69) is 41.9 Å². The molecule has 19 heavy (non-hydrogen) atoms. The summed E-state index contributed by atoms with van der Waals surface area (Å²) < 4.78 is 2.31. The van der Waals surface area contributed by atoms with Gasteiger partial charge in [0.1, 0.15) is 0 Å². The Hall–Kier alpha value is -0.800. The van der Waals surface area contributed by atoms with Crippen molar-refractivity contribution < 1.29 is 0 Å². The van der Waals surface area contributed by atoms with Gasteiger partial charge in [0.05, 0.1) is 0 Å². The summed E-state index contributed by atoms with van der Waals surface area (Å²) >= 11 is 0. The second kappa shape index (κ2) is 7.11. The molecule has 2 atom stereocenters. The standard InChI is InChI=1S/C16H29N3/c1-3-6-16(17)14-8-11-19(13-14)12-9-15-7-4-5-10-18(15)2/h8,11,13,15-16H,3-7,9-10,12,17H2,1-2H3. The maximum absolute atomic E-state index is 6.16. The lowest BCUT2D eigenvalue weighted by atomic mass is 10.0. The van der Waals surface area contributed by atoms with Gasteiger partial charge in [-0.1, -0.05) is 19.8 Å². The highest BCUT2D eigenvalue weighted by Crippen LogP contribution is 2.20. The average Bonchev–Trinajstić information content (AvgIpc) is 2.87. The molecule has 2 heterocycles. The van der Waals surface area contributed by atoms with Gasteiger partial charge in [0, 0.05) is 31.0 Å². The van der Waals surface area contributed by atoms with Gasteiger partial charge in [-0.05, 0) is 50.9 Å². The zero-order chi connectivity index (χ0) is 13.7. The van der Waals surface area contributed by atoms with Crippen LogP contribution in [0.15, 0.2) is 18.5 Å². The van der Waals surface area contributed by atoms with Crippen molar-refractivity contribution in [1.29, 1.82) is 0 Å². The van der Waals surface area contributed by atoms with E-state index < -0.39 is 0 Å². The summed E-state index contributed by atoms with van der Waals surface area (Å²) in [6.45, 7) is 4.58. The van der Waals surface area contributed by atoms with Crippen molar-refractivity contribution in [3.63, 3.8) is 0 Å². The second-order valence-corrected chi connectivity index (χ2v) is 6.00. The fraction of sp³-hybridized carbons (Fsp3) is 0.750. The summed E-state index contributed by atoms with van der Waals surface area (Å²) in [6, 6.07) is 3.16. The fourth-order valence-electron chi connectivity index (χ4n) is 3.10. The van der Waals surface area contributed by atoms with E-state index in [0.717, 1.165) is 25.4 Å². The van der Waals surface area contributed by atoms with Crippen LogP contribution in [-0.4, -0.2) is 29.1 Å². The Balaban J connectivity index is 1.82. The van der Waals surface area contributed by atoms with Crippen LogP contribution in [0, 0.1) is 0 Å². The predicted octanol–water partition coefficient (Wildman–Crippen LogP) is 3.16. The van der Waals surface area contributed by atoms with Crippen molar-refractivity contribution in [1.82, 2.24) is 9.47 Å². The van der Waals surface area contributed by atoms with Gasteiger partial charge < -0.3 is 15.2 Å². The highest BCUT2D eigenvalue weighted by atomic mass is 15.1. The minimum Gasteiger partial charge on any atom is -0.354 e. The number of hydrogen-bond acceptors (Lipinski definition) is 2. The number of aryl methyl sites for hydroxylation is 1. The Morgan fingerprint density at radius 1 is 1.42 bits per heavy atom. The number of likely N-dealkylation sites (tertiary alicyclic amines) is 1. The van der Waals surface area contributed by atoms with Crippen LogP contribution in [0.1, 0.15) is 57.1 Å². The first-order valence-electron chi connectivity index (χ1n) is 7.82. The molecule has 1 fully saturated rings. The molecule has 1 aliphatic heterocycles. The SMILES string of the molecule is CCCC(N)c1ccn(CCC2CCCCN2C)c1. The summed E-state index contributed by atoms with van der Waals surface area (Å²) in [5, 5.41) is 0. The van der Waals surface area contributed by atoms with Gasteiger partial charge in [-0.15, -0.1) is 0 Å². The molecule has 3 heteroatoms. The fourth-order valence-corrected chi connectivity index (χ4v) is 3.10. The predicted molar refractivity (Wildman–Crippen MR) is 81.2 cm³/mol. The molecule has 0 amide bonds. The molecule has 3 nitrogen and oxygen atoms in total. The lowest BCUT2D eigenvalue weighted by molar-refractivity contribution is 0.171. The highest BCUT2D eigenvalue weighted by Gasteiger charge is 2.18. The van der Waals surface area contributed by atoms with Crippen LogP contribution in [0.2, 0.25) is 0 Å². The van der Waals surface area contributed by atoms with E-state index >= 15 is 0 Å². The molecule has 108 valence electrons. The van der Waals surface area contributed by atoms with Crippen LogP contribution < -0.4 is 5.73 Å². The molecule has 2 N–H and O–H groups in total. The average molecular weight is 263 g/mol. The van der Waals surface area contributed by atoms with Crippen molar-refractivity contribution in [2.45, 2.75) is 64.1 Å². The van der Waals surface area contributed by atoms with Crippen LogP contribution in [0.25, 0.3) is 0 Å². The van der Waals surface area contributed by atoms with E-state index in [9.17, 15) is 0 Å². The zero-order valence-electron chi connectivity index (χ0n) is 12.5. The van der Waals surface area contributed by atoms with Crippen molar-refractivity contribution >= 4 is 0 Å². The summed E-state index contributed by atoms with van der Waals surface area (Å²) in [5.41, 5.74) is 7.45. The molecule has 0 saturated carbocycles. The third kappa shape index (κ3) is 4.08. The molecule has 1 aromatic rings. The molecule has 2 unspecified atom stereocenters. The maximum Gasteiger partial charge on any atom is 0.0309 e. The Morgan fingerprint density at radius 3 is 3.00 bits per heavy atom. The Bertz CT molecular complexity index is 372. The quantitative estimate of drug-likeness (QED) is 0.855. The molecule has 0 aliphatic carbocycles.